The van der Waals surface area contributed by atoms with Gasteiger partial charge in [-0.2, -0.15) is 5.10 Å². The van der Waals surface area contributed by atoms with Crippen molar-refractivity contribution < 1.29 is 28.5 Å². The molecule has 0 aliphatic heterocycles. The van der Waals surface area contributed by atoms with Gasteiger partial charge < -0.3 is 24.3 Å². The molecule has 0 aliphatic rings. The maximum Gasteiger partial charge on any atom is 0.271 e. The van der Waals surface area contributed by atoms with Gasteiger partial charge in [0.1, 0.15) is 0 Å². The van der Waals surface area contributed by atoms with Crippen molar-refractivity contribution in [2.75, 3.05) is 32.2 Å². The molecule has 0 fully saturated rings. The quantitative estimate of drug-likeness (QED) is 0.210. The number of aryl methyl sites for hydroxylation is 1. The number of hydrogen-bond acceptors (Lipinski definition) is 7. The smallest absolute Gasteiger partial charge is 0.271 e. The van der Waals surface area contributed by atoms with Crippen LogP contribution in [0, 0.1) is 6.92 Å². The molecule has 2 amide bonds. The van der Waals surface area contributed by atoms with Crippen LogP contribution in [0.4, 0.5) is 5.69 Å². The number of ether oxygens (including phenoxy) is 4. The number of carbonyl (C=O) groups is 2. The lowest BCUT2D eigenvalue weighted by Gasteiger charge is -2.13. The molecule has 0 aliphatic carbocycles. The van der Waals surface area contributed by atoms with Crippen LogP contribution in [-0.2, 0) is 4.79 Å². The second kappa shape index (κ2) is 14.6. The summed E-state index contributed by atoms with van der Waals surface area (Å²) >= 11 is 6.12. The summed E-state index contributed by atoms with van der Waals surface area (Å²) < 4.78 is 22.3. The van der Waals surface area contributed by atoms with Gasteiger partial charge in [-0.15, -0.1) is 0 Å². The van der Waals surface area contributed by atoms with Gasteiger partial charge in [0, 0.05) is 16.3 Å². The van der Waals surface area contributed by atoms with Crippen molar-refractivity contribution in [3.63, 3.8) is 0 Å². The summed E-state index contributed by atoms with van der Waals surface area (Å²) in [6.07, 6.45) is 2.34. The van der Waals surface area contributed by atoms with Crippen molar-refractivity contribution >= 4 is 35.3 Å². The van der Waals surface area contributed by atoms with E-state index < -0.39 is 5.91 Å². The van der Waals surface area contributed by atoms with E-state index in [2.05, 4.69) is 15.8 Å². The van der Waals surface area contributed by atoms with Gasteiger partial charge in [-0.05, 0) is 79.9 Å². The Morgan fingerprint density at radius 3 is 2.41 bits per heavy atom. The van der Waals surface area contributed by atoms with E-state index in [0.717, 1.165) is 12.0 Å². The number of carbonyl (C=O) groups excluding carboxylic acids is 2. The normalized spacial score (nSPS) is 10.7. The SMILES string of the molecule is CCCOc1ccc(C(=O)N/N=C/c2ccc(OCC(=O)Nc3ccc(C)c(Cl)c3)c(OCC)c2)cc1OC. The third-order valence-corrected chi connectivity index (χ3v) is 5.76. The van der Waals surface area contributed by atoms with Crippen LogP contribution in [0.1, 0.15) is 41.8 Å². The van der Waals surface area contributed by atoms with Gasteiger partial charge in [-0.3, -0.25) is 9.59 Å². The first kappa shape index (κ1) is 29.3. The van der Waals surface area contributed by atoms with E-state index in [4.69, 9.17) is 30.5 Å². The summed E-state index contributed by atoms with van der Waals surface area (Å²) in [5.74, 6) is 1.12. The number of benzene rings is 3. The molecule has 0 aromatic heterocycles. The molecule has 10 heteroatoms. The van der Waals surface area contributed by atoms with Gasteiger partial charge in [-0.25, -0.2) is 5.43 Å². The molecule has 0 atom stereocenters. The Kier molecular flexibility index (Phi) is 11.0. The lowest BCUT2D eigenvalue weighted by Crippen LogP contribution is -2.20. The summed E-state index contributed by atoms with van der Waals surface area (Å²) in [4.78, 5) is 24.9. The number of amides is 2. The average molecular weight is 554 g/mol. The molecule has 39 heavy (non-hydrogen) atoms. The number of hydrogen-bond donors (Lipinski definition) is 2. The fourth-order valence-corrected chi connectivity index (χ4v) is 3.55. The molecule has 3 aromatic carbocycles. The highest BCUT2D eigenvalue weighted by Gasteiger charge is 2.12. The largest absolute Gasteiger partial charge is 0.493 e. The van der Waals surface area contributed by atoms with E-state index in [9.17, 15) is 9.59 Å². The second-order valence-corrected chi connectivity index (χ2v) is 8.76. The highest BCUT2D eigenvalue weighted by Crippen LogP contribution is 2.29. The molecule has 0 spiro atoms. The van der Waals surface area contributed by atoms with Gasteiger partial charge in [0.15, 0.2) is 29.6 Å². The molecule has 3 rings (SSSR count). The lowest BCUT2D eigenvalue weighted by molar-refractivity contribution is -0.118. The fraction of sp³-hybridized carbons (Fsp3) is 0.276. The van der Waals surface area contributed by atoms with E-state index in [1.54, 1.807) is 48.5 Å². The van der Waals surface area contributed by atoms with Gasteiger partial charge in [0.2, 0.25) is 0 Å². The second-order valence-electron chi connectivity index (χ2n) is 8.35. The van der Waals surface area contributed by atoms with Crippen molar-refractivity contribution in [1.82, 2.24) is 5.43 Å². The summed E-state index contributed by atoms with van der Waals surface area (Å²) in [5.41, 5.74) is 5.03. The number of halogens is 1. The molecular formula is C29H32ClN3O6. The minimum Gasteiger partial charge on any atom is -0.493 e. The zero-order valence-electron chi connectivity index (χ0n) is 22.4. The van der Waals surface area contributed by atoms with E-state index in [-0.39, 0.29) is 12.5 Å². The Balaban J connectivity index is 1.60. The maximum atomic E-state index is 12.6. The van der Waals surface area contributed by atoms with Crippen LogP contribution < -0.4 is 29.7 Å². The Bertz CT molecular complexity index is 1330. The minimum atomic E-state index is -0.405. The Labute approximate surface area is 233 Å². The van der Waals surface area contributed by atoms with E-state index in [1.807, 2.05) is 26.8 Å². The third-order valence-electron chi connectivity index (χ3n) is 5.35. The van der Waals surface area contributed by atoms with Crippen LogP contribution in [0.25, 0.3) is 0 Å². The third kappa shape index (κ3) is 8.65. The molecule has 3 aromatic rings. The summed E-state index contributed by atoms with van der Waals surface area (Å²) in [6, 6.07) is 15.3. The van der Waals surface area contributed by atoms with Crippen LogP contribution in [0.5, 0.6) is 23.0 Å². The number of nitrogens with zero attached hydrogens (tertiary/aromatic N) is 1. The molecule has 0 unspecified atom stereocenters. The number of methoxy groups -OCH3 is 1. The van der Waals surface area contributed by atoms with Gasteiger partial charge in [0.05, 0.1) is 26.5 Å². The predicted molar refractivity (Wildman–Crippen MR) is 152 cm³/mol. The minimum absolute atomic E-state index is 0.221. The van der Waals surface area contributed by atoms with Crippen LogP contribution in [0.15, 0.2) is 59.7 Å². The number of rotatable bonds is 13. The summed E-state index contributed by atoms with van der Waals surface area (Å²) in [6.45, 7) is 6.45. The summed E-state index contributed by atoms with van der Waals surface area (Å²) in [5, 5.41) is 7.36. The Morgan fingerprint density at radius 2 is 1.69 bits per heavy atom. The number of anilines is 1. The molecule has 0 bridgehead atoms. The first-order valence-corrected chi connectivity index (χ1v) is 12.8. The standard InChI is InChI=1S/C29H32ClN3O6/c1-5-13-38-24-12-9-21(15-26(24)36-4)29(35)33-31-17-20-8-11-25(27(14-20)37-6-2)39-18-28(34)32-22-10-7-19(3)23(30)16-22/h7-12,14-17H,5-6,13,18H2,1-4H3,(H,32,34)(H,33,35)/b31-17+. The van der Waals surface area contributed by atoms with Crippen LogP contribution >= 0.6 is 11.6 Å². The molecule has 0 heterocycles. The zero-order valence-corrected chi connectivity index (χ0v) is 23.1. The predicted octanol–water partition coefficient (Wildman–Crippen LogP) is 5.63. The number of nitrogens with one attached hydrogen (secondary N) is 2. The van der Waals surface area contributed by atoms with E-state index >= 15 is 0 Å². The topological polar surface area (TPSA) is 107 Å². The molecule has 2 N–H and O–H groups in total. The van der Waals surface area contributed by atoms with Crippen molar-refractivity contribution in [1.29, 1.82) is 0 Å². The molecule has 0 saturated carbocycles. The lowest BCUT2D eigenvalue weighted by atomic mass is 10.2. The number of hydrazone groups is 1. The maximum absolute atomic E-state index is 12.6. The van der Waals surface area contributed by atoms with Crippen molar-refractivity contribution in [2.45, 2.75) is 27.2 Å². The Hall–Kier alpha value is -4.24. The first-order valence-electron chi connectivity index (χ1n) is 12.4. The highest BCUT2D eigenvalue weighted by atomic mass is 35.5. The van der Waals surface area contributed by atoms with Crippen molar-refractivity contribution in [2.24, 2.45) is 5.10 Å². The van der Waals surface area contributed by atoms with Crippen LogP contribution in [0.2, 0.25) is 5.02 Å². The van der Waals surface area contributed by atoms with Gasteiger partial charge in [-0.1, -0.05) is 24.6 Å². The van der Waals surface area contributed by atoms with E-state index in [1.165, 1.54) is 13.3 Å². The average Bonchev–Trinajstić information content (AvgIpc) is 2.93. The zero-order chi connectivity index (χ0) is 28.2. The molecular weight excluding hydrogens is 522 g/mol. The highest BCUT2D eigenvalue weighted by molar-refractivity contribution is 6.31. The molecule has 206 valence electrons. The van der Waals surface area contributed by atoms with Crippen molar-refractivity contribution in [3.05, 3.63) is 76.3 Å². The van der Waals surface area contributed by atoms with Crippen LogP contribution in [0.3, 0.4) is 0 Å². The summed E-state index contributed by atoms with van der Waals surface area (Å²) in [7, 11) is 1.52. The fourth-order valence-electron chi connectivity index (χ4n) is 3.37. The van der Waals surface area contributed by atoms with Gasteiger partial charge >= 0.3 is 0 Å². The van der Waals surface area contributed by atoms with Gasteiger partial charge in [0.25, 0.3) is 11.8 Å². The van der Waals surface area contributed by atoms with Crippen molar-refractivity contribution in [3.8, 4) is 23.0 Å². The Morgan fingerprint density at radius 1 is 0.923 bits per heavy atom. The first-order chi connectivity index (χ1) is 18.8. The monoisotopic (exact) mass is 553 g/mol. The molecule has 0 radical (unpaired) electrons. The van der Waals surface area contributed by atoms with E-state index in [0.29, 0.717) is 58.0 Å². The molecule has 9 nitrogen and oxygen atoms in total. The van der Waals surface area contributed by atoms with Crippen LogP contribution in [-0.4, -0.2) is 45.0 Å². The molecule has 0 saturated heterocycles.